The molecule has 9 nitrogen and oxygen atoms in total. The number of carbonyl (C=O) groups excluding carboxylic acids is 1. The summed E-state index contributed by atoms with van der Waals surface area (Å²) in [5.41, 5.74) is 8.29. The van der Waals surface area contributed by atoms with Gasteiger partial charge in [-0.2, -0.15) is 0 Å². The van der Waals surface area contributed by atoms with Gasteiger partial charge in [0.15, 0.2) is 5.11 Å². The van der Waals surface area contributed by atoms with Crippen LogP contribution in [0.4, 0.5) is 11.4 Å². The predicted molar refractivity (Wildman–Crippen MR) is 167 cm³/mol. The van der Waals surface area contributed by atoms with Crippen LogP contribution in [-0.4, -0.2) is 45.4 Å². The fourth-order valence-corrected chi connectivity index (χ4v) is 5.99. The Morgan fingerprint density at radius 3 is 2.50 bits per heavy atom. The summed E-state index contributed by atoms with van der Waals surface area (Å²) >= 11 is 5.93. The molecule has 1 amide bonds. The quantitative estimate of drug-likeness (QED) is 0.231. The largest absolute Gasteiger partial charge is 0.478 e. The maximum atomic E-state index is 12.1. The first kappa shape index (κ1) is 29.0. The number of aryl methyl sites for hydroxylation is 3. The number of carboxylic acids is 1. The molecule has 216 valence electrons. The molecule has 0 radical (unpaired) electrons. The lowest BCUT2D eigenvalue weighted by atomic mass is 9.96. The van der Waals surface area contributed by atoms with E-state index in [4.69, 9.17) is 17.0 Å². The Labute approximate surface area is 250 Å². The number of rotatable bonds is 8. The van der Waals surface area contributed by atoms with Gasteiger partial charge in [-0.25, -0.2) is 4.79 Å². The van der Waals surface area contributed by atoms with Crippen molar-refractivity contribution in [2.45, 2.75) is 39.8 Å². The van der Waals surface area contributed by atoms with Gasteiger partial charge in [-0.05, 0) is 105 Å². The standard InChI is InChI=1S/C32H33N5O4S/c1-18-9-10-22(31(39)40)16-27(18)36-20(3)15-24(21(36)4)30-29(26-8-6-7-13-33-26)35-32(42)37(30)23-11-12-25(19(2)14-23)34-28(38)17-41-5/h6-16,29-30H,17H2,1-5H3,(H,34,38)(H,35,42)(H,39,40)/t29-,30-/m1/s1. The zero-order valence-electron chi connectivity index (χ0n) is 24.1. The normalized spacial score (nSPS) is 16.4. The van der Waals surface area contributed by atoms with Crippen molar-refractivity contribution in [2.75, 3.05) is 23.9 Å². The minimum atomic E-state index is -0.970. The summed E-state index contributed by atoms with van der Waals surface area (Å²) in [4.78, 5) is 30.7. The van der Waals surface area contributed by atoms with Crippen molar-refractivity contribution in [1.29, 1.82) is 0 Å². The van der Waals surface area contributed by atoms with Gasteiger partial charge in [0.1, 0.15) is 6.61 Å². The van der Waals surface area contributed by atoms with Gasteiger partial charge in [0.25, 0.3) is 0 Å². The van der Waals surface area contributed by atoms with Crippen LogP contribution in [-0.2, 0) is 9.53 Å². The SMILES string of the molecule is COCC(=O)Nc1ccc(N2C(=S)N[C@H](c3ccccn3)[C@H]2c2cc(C)n(-c3cc(C(=O)O)ccc3C)c2C)cc1C. The average Bonchev–Trinajstić information content (AvgIpc) is 3.45. The van der Waals surface area contributed by atoms with Crippen molar-refractivity contribution >= 4 is 40.6 Å². The highest BCUT2D eigenvalue weighted by molar-refractivity contribution is 7.80. The van der Waals surface area contributed by atoms with Crippen molar-refractivity contribution in [3.8, 4) is 5.69 Å². The molecule has 2 aromatic carbocycles. The molecule has 1 saturated heterocycles. The molecule has 2 aromatic heterocycles. The number of thiocarbonyl (C=S) groups is 1. The molecule has 0 aliphatic carbocycles. The van der Waals surface area contributed by atoms with Gasteiger partial charge < -0.3 is 29.9 Å². The van der Waals surface area contributed by atoms with E-state index in [1.165, 1.54) is 7.11 Å². The van der Waals surface area contributed by atoms with Crippen molar-refractivity contribution < 1.29 is 19.4 Å². The zero-order chi connectivity index (χ0) is 30.1. The minimum Gasteiger partial charge on any atom is -0.478 e. The number of hydrogen-bond acceptors (Lipinski definition) is 5. The van der Waals surface area contributed by atoms with E-state index in [1.54, 1.807) is 18.3 Å². The minimum absolute atomic E-state index is 0.0282. The second-order valence-electron chi connectivity index (χ2n) is 10.4. The Kier molecular flexibility index (Phi) is 8.11. The van der Waals surface area contributed by atoms with Crippen LogP contribution < -0.4 is 15.5 Å². The lowest BCUT2D eigenvalue weighted by Crippen LogP contribution is -2.29. The fourth-order valence-electron chi connectivity index (χ4n) is 5.65. The summed E-state index contributed by atoms with van der Waals surface area (Å²) in [6, 6.07) is 18.4. The number of aromatic carboxylic acids is 1. The number of nitrogens with one attached hydrogen (secondary N) is 2. The molecule has 1 aliphatic rings. The summed E-state index contributed by atoms with van der Waals surface area (Å²) in [5.74, 6) is -1.20. The van der Waals surface area contributed by atoms with Crippen LogP contribution in [0.2, 0.25) is 0 Å². The maximum absolute atomic E-state index is 12.1. The molecular weight excluding hydrogens is 550 g/mol. The Morgan fingerprint density at radius 2 is 1.83 bits per heavy atom. The first-order valence-electron chi connectivity index (χ1n) is 13.5. The molecule has 42 heavy (non-hydrogen) atoms. The van der Waals surface area contributed by atoms with Crippen LogP contribution in [0.15, 0.2) is 66.9 Å². The third-order valence-electron chi connectivity index (χ3n) is 7.62. The fraction of sp³-hybridized carbons (Fsp3) is 0.250. The number of nitrogens with zero attached hydrogens (tertiary/aromatic N) is 3. The van der Waals surface area contributed by atoms with Crippen molar-refractivity contribution in [3.63, 3.8) is 0 Å². The van der Waals surface area contributed by atoms with E-state index < -0.39 is 5.97 Å². The van der Waals surface area contributed by atoms with Crippen LogP contribution in [0.1, 0.15) is 56.2 Å². The van der Waals surface area contributed by atoms with Crippen LogP contribution in [0.25, 0.3) is 5.69 Å². The molecule has 3 N–H and O–H groups in total. The molecule has 0 unspecified atom stereocenters. The number of hydrogen-bond donors (Lipinski definition) is 3. The molecule has 4 aromatic rings. The Bertz CT molecular complexity index is 1680. The summed E-state index contributed by atoms with van der Waals surface area (Å²) in [6.07, 6.45) is 1.77. The zero-order valence-corrected chi connectivity index (χ0v) is 25.0. The molecule has 2 atom stereocenters. The van der Waals surface area contributed by atoms with E-state index in [-0.39, 0.29) is 30.2 Å². The van der Waals surface area contributed by atoms with E-state index in [1.807, 2.05) is 70.2 Å². The van der Waals surface area contributed by atoms with E-state index >= 15 is 0 Å². The van der Waals surface area contributed by atoms with Gasteiger partial charge in [-0.3, -0.25) is 9.78 Å². The second kappa shape index (κ2) is 11.8. The number of carboxylic acid groups (broad SMARTS) is 1. The summed E-state index contributed by atoms with van der Waals surface area (Å²) in [6.45, 7) is 7.95. The molecule has 1 aliphatic heterocycles. The first-order valence-corrected chi connectivity index (χ1v) is 13.9. The third-order valence-corrected chi connectivity index (χ3v) is 7.94. The molecule has 5 rings (SSSR count). The van der Waals surface area contributed by atoms with Crippen LogP contribution in [0.3, 0.4) is 0 Å². The van der Waals surface area contributed by atoms with Gasteiger partial charge >= 0.3 is 5.97 Å². The van der Waals surface area contributed by atoms with Crippen molar-refractivity contribution in [1.82, 2.24) is 14.9 Å². The number of carbonyl (C=O) groups is 2. The number of anilines is 2. The summed E-state index contributed by atoms with van der Waals surface area (Å²) in [5, 5.41) is 16.6. The smallest absolute Gasteiger partial charge is 0.335 e. The molecule has 0 saturated carbocycles. The number of ether oxygens (including phenoxy) is 1. The Hall–Kier alpha value is -4.54. The van der Waals surface area contributed by atoms with E-state index in [0.717, 1.165) is 45.1 Å². The highest BCUT2D eigenvalue weighted by Crippen LogP contribution is 2.44. The molecule has 0 spiro atoms. The number of amides is 1. The van der Waals surface area contributed by atoms with Gasteiger partial charge in [0.2, 0.25) is 5.91 Å². The van der Waals surface area contributed by atoms with E-state index in [2.05, 4.69) is 31.2 Å². The van der Waals surface area contributed by atoms with Crippen molar-refractivity contribution in [3.05, 3.63) is 106 Å². The van der Waals surface area contributed by atoms with Gasteiger partial charge in [-0.15, -0.1) is 0 Å². The van der Waals surface area contributed by atoms with Gasteiger partial charge in [0.05, 0.1) is 23.3 Å². The number of methoxy groups -OCH3 is 1. The van der Waals surface area contributed by atoms with E-state index in [9.17, 15) is 14.7 Å². The highest BCUT2D eigenvalue weighted by atomic mass is 32.1. The second-order valence-corrected chi connectivity index (χ2v) is 10.8. The lowest BCUT2D eigenvalue weighted by Gasteiger charge is -2.29. The molecule has 1 fully saturated rings. The lowest BCUT2D eigenvalue weighted by molar-refractivity contribution is -0.119. The Morgan fingerprint density at radius 1 is 1.05 bits per heavy atom. The number of benzene rings is 2. The maximum Gasteiger partial charge on any atom is 0.335 e. The van der Waals surface area contributed by atoms with Gasteiger partial charge in [-0.1, -0.05) is 12.1 Å². The number of aromatic nitrogens is 2. The first-order chi connectivity index (χ1) is 20.1. The van der Waals surface area contributed by atoms with Crippen LogP contribution in [0, 0.1) is 27.7 Å². The van der Waals surface area contributed by atoms with Gasteiger partial charge in [0, 0.05) is 41.8 Å². The molecule has 10 heteroatoms. The van der Waals surface area contributed by atoms with Crippen molar-refractivity contribution in [2.24, 2.45) is 0 Å². The van der Waals surface area contributed by atoms with E-state index in [0.29, 0.717) is 10.8 Å². The highest BCUT2D eigenvalue weighted by Gasteiger charge is 2.42. The number of pyridine rings is 1. The third kappa shape index (κ3) is 5.38. The summed E-state index contributed by atoms with van der Waals surface area (Å²) < 4.78 is 7.05. The topological polar surface area (TPSA) is 109 Å². The van der Waals surface area contributed by atoms with Crippen LogP contribution >= 0.6 is 12.2 Å². The summed E-state index contributed by atoms with van der Waals surface area (Å²) in [7, 11) is 1.48. The van der Waals surface area contributed by atoms with Crippen LogP contribution in [0.5, 0.6) is 0 Å². The molecular formula is C32H33N5O4S. The predicted octanol–water partition coefficient (Wildman–Crippen LogP) is 5.57. The average molecular weight is 584 g/mol. The molecule has 3 heterocycles. The monoisotopic (exact) mass is 583 g/mol. The Balaban J connectivity index is 1.63. The molecule has 0 bridgehead atoms.